The summed E-state index contributed by atoms with van der Waals surface area (Å²) in [4.78, 5) is 8.29. The zero-order valence-electron chi connectivity index (χ0n) is 8.77. The Kier molecular flexibility index (Phi) is 3.43. The van der Waals surface area contributed by atoms with E-state index in [1.54, 1.807) is 12.4 Å². The van der Waals surface area contributed by atoms with Gasteiger partial charge in [-0.2, -0.15) is 0 Å². The summed E-state index contributed by atoms with van der Waals surface area (Å²) < 4.78 is 12.2. The van der Waals surface area contributed by atoms with Crippen molar-refractivity contribution in [1.82, 2.24) is 15.3 Å². The predicted molar refractivity (Wildman–Crippen MR) is 59.1 cm³/mol. The van der Waals surface area contributed by atoms with E-state index in [1.165, 1.54) is 0 Å². The number of rotatable bonds is 2. The molecule has 0 radical (unpaired) electrons. The van der Waals surface area contributed by atoms with Gasteiger partial charge in [0.25, 0.3) is 0 Å². The lowest BCUT2D eigenvalue weighted by Crippen LogP contribution is -2.33. The van der Waals surface area contributed by atoms with Crippen molar-refractivity contribution >= 4 is 10.8 Å². The maximum absolute atomic E-state index is 12.2. The Bertz CT molecular complexity index is 363. The molecule has 1 N–H and O–H groups in total. The minimum Gasteiger partial charge on any atom is -0.317 e. The maximum Gasteiger partial charge on any atom is 0.148 e. The highest BCUT2D eigenvalue weighted by Gasteiger charge is 2.23. The van der Waals surface area contributed by atoms with Crippen LogP contribution in [0.1, 0.15) is 18.5 Å². The van der Waals surface area contributed by atoms with Crippen molar-refractivity contribution in [3.8, 4) is 0 Å². The van der Waals surface area contributed by atoms with E-state index in [-0.39, 0.29) is 5.25 Å². The minimum atomic E-state index is -0.995. The maximum atomic E-state index is 12.2. The Morgan fingerprint density at radius 1 is 1.33 bits per heavy atom. The van der Waals surface area contributed by atoms with Crippen molar-refractivity contribution < 1.29 is 4.21 Å². The van der Waals surface area contributed by atoms with E-state index in [2.05, 4.69) is 15.3 Å². The van der Waals surface area contributed by atoms with E-state index in [1.807, 2.05) is 6.92 Å². The highest BCUT2D eigenvalue weighted by atomic mass is 32.2. The molecule has 0 saturated carbocycles. The SMILES string of the molecule is Cc1nccnc1[S@](=O)C1CCNCC1. The summed E-state index contributed by atoms with van der Waals surface area (Å²) in [5.74, 6) is 0. The molecule has 1 aromatic heterocycles. The molecule has 0 aliphatic carbocycles. The Morgan fingerprint density at radius 3 is 2.67 bits per heavy atom. The zero-order valence-corrected chi connectivity index (χ0v) is 9.59. The van der Waals surface area contributed by atoms with Crippen molar-refractivity contribution in [2.45, 2.75) is 30.0 Å². The molecule has 1 aliphatic heterocycles. The molecule has 1 fully saturated rings. The van der Waals surface area contributed by atoms with E-state index in [0.29, 0.717) is 5.03 Å². The quantitative estimate of drug-likeness (QED) is 0.802. The molecule has 0 bridgehead atoms. The molecule has 4 nitrogen and oxygen atoms in total. The lowest BCUT2D eigenvalue weighted by Gasteiger charge is -2.21. The van der Waals surface area contributed by atoms with Gasteiger partial charge in [0.1, 0.15) is 5.03 Å². The largest absolute Gasteiger partial charge is 0.317 e. The Morgan fingerprint density at radius 2 is 2.00 bits per heavy atom. The highest BCUT2D eigenvalue weighted by Crippen LogP contribution is 2.17. The van der Waals surface area contributed by atoms with Crippen LogP contribution >= 0.6 is 0 Å². The van der Waals surface area contributed by atoms with Gasteiger partial charge < -0.3 is 5.32 Å². The molecular formula is C10H15N3OS. The van der Waals surface area contributed by atoms with Crippen LogP contribution in [0.25, 0.3) is 0 Å². The van der Waals surface area contributed by atoms with E-state index in [9.17, 15) is 4.21 Å². The molecule has 1 saturated heterocycles. The first-order valence-electron chi connectivity index (χ1n) is 5.18. The molecule has 1 atom stereocenters. The first-order valence-corrected chi connectivity index (χ1v) is 6.39. The number of hydrogen-bond acceptors (Lipinski definition) is 4. The fraction of sp³-hybridized carbons (Fsp3) is 0.600. The number of aromatic nitrogens is 2. The van der Waals surface area contributed by atoms with Gasteiger partial charge in [-0.3, -0.25) is 9.19 Å². The molecule has 0 spiro atoms. The number of nitrogens with one attached hydrogen (secondary N) is 1. The number of nitrogens with zero attached hydrogens (tertiary/aromatic N) is 2. The average molecular weight is 225 g/mol. The van der Waals surface area contributed by atoms with Crippen LogP contribution in [0.3, 0.4) is 0 Å². The lowest BCUT2D eigenvalue weighted by atomic mass is 10.2. The summed E-state index contributed by atoms with van der Waals surface area (Å²) in [5.41, 5.74) is 0.786. The Hall–Kier alpha value is -0.810. The summed E-state index contributed by atoms with van der Waals surface area (Å²) in [5, 5.41) is 4.16. The molecule has 2 rings (SSSR count). The van der Waals surface area contributed by atoms with Gasteiger partial charge in [0.05, 0.1) is 16.5 Å². The second kappa shape index (κ2) is 4.81. The summed E-state index contributed by atoms with van der Waals surface area (Å²) in [6.07, 6.45) is 5.17. The standard InChI is InChI=1S/C10H15N3OS/c1-8-10(13-7-6-12-8)15(14)9-2-4-11-5-3-9/h6-7,9,11H,2-5H2,1H3/t15-/m1/s1. The summed E-state index contributed by atoms with van der Waals surface area (Å²) in [6.45, 7) is 3.77. The number of piperidine rings is 1. The molecule has 2 heterocycles. The van der Waals surface area contributed by atoms with Crippen molar-refractivity contribution in [2.24, 2.45) is 0 Å². The van der Waals surface area contributed by atoms with Gasteiger partial charge in [0.2, 0.25) is 0 Å². The normalized spacial score (nSPS) is 20.1. The third kappa shape index (κ3) is 2.41. The summed E-state index contributed by atoms with van der Waals surface area (Å²) in [7, 11) is -0.995. The minimum absolute atomic E-state index is 0.238. The van der Waals surface area contributed by atoms with Crippen molar-refractivity contribution in [1.29, 1.82) is 0 Å². The fourth-order valence-corrected chi connectivity index (χ4v) is 3.25. The van der Waals surface area contributed by atoms with Crippen molar-refractivity contribution in [3.05, 3.63) is 18.1 Å². The van der Waals surface area contributed by atoms with Crippen LogP contribution in [-0.2, 0) is 10.8 Å². The van der Waals surface area contributed by atoms with Crippen LogP contribution < -0.4 is 5.32 Å². The highest BCUT2D eigenvalue weighted by molar-refractivity contribution is 7.85. The zero-order chi connectivity index (χ0) is 10.7. The van der Waals surface area contributed by atoms with E-state index in [4.69, 9.17) is 0 Å². The van der Waals surface area contributed by atoms with Crippen LogP contribution in [-0.4, -0.2) is 32.5 Å². The third-order valence-electron chi connectivity index (χ3n) is 2.62. The van der Waals surface area contributed by atoms with Gasteiger partial charge in [-0.25, -0.2) is 4.98 Å². The predicted octanol–water partition coefficient (Wildman–Crippen LogP) is 0.645. The molecule has 1 aliphatic rings. The number of hydrogen-bond donors (Lipinski definition) is 1. The first kappa shape index (κ1) is 10.7. The third-order valence-corrected chi connectivity index (χ3v) is 4.47. The molecule has 0 unspecified atom stereocenters. The number of aryl methyl sites for hydroxylation is 1. The van der Waals surface area contributed by atoms with Crippen LogP contribution in [0.4, 0.5) is 0 Å². The van der Waals surface area contributed by atoms with E-state index < -0.39 is 10.8 Å². The lowest BCUT2D eigenvalue weighted by molar-refractivity contribution is 0.518. The topological polar surface area (TPSA) is 54.9 Å². The van der Waals surface area contributed by atoms with E-state index >= 15 is 0 Å². The molecule has 5 heteroatoms. The van der Waals surface area contributed by atoms with Gasteiger partial charge in [-0.1, -0.05) is 0 Å². The molecule has 0 aromatic carbocycles. The van der Waals surface area contributed by atoms with Gasteiger partial charge in [-0.05, 0) is 32.9 Å². The van der Waals surface area contributed by atoms with Gasteiger partial charge in [-0.15, -0.1) is 0 Å². The van der Waals surface area contributed by atoms with Crippen molar-refractivity contribution in [3.63, 3.8) is 0 Å². The van der Waals surface area contributed by atoms with Gasteiger partial charge in [0, 0.05) is 17.6 Å². The van der Waals surface area contributed by atoms with Gasteiger partial charge in [0.15, 0.2) is 0 Å². The van der Waals surface area contributed by atoms with Crippen LogP contribution in [0, 0.1) is 6.92 Å². The summed E-state index contributed by atoms with van der Waals surface area (Å²) >= 11 is 0. The molecule has 1 aromatic rings. The summed E-state index contributed by atoms with van der Waals surface area (Å²) in [6, 6.07) is 0. The monoisotopic (exact) mass is 225 g/mol. The smallest absolute Gasteiger partial charge is 0.148 e. The fourth-order valence-electron chi connectivity index (χ4n) is 1.76. The average Bonchev–Trinajstić information content (AvgIpc) is 2.30. The molecule has 0 amide bonds. The van der Waals surface area contributed by atoms with Crippen LogP contribution in [0.15, 0.2) is 17.4 Å². The van der Waals surface area contributed by atoms with E-state index in [0.717, 1.165) is 31.6 Å². The van der Waals surface area contributed by atoms with Crippen LogP contribution in [0.5, 0.6) is 0 Å². The molecule has 15 heavy (non-hydrogen) atoms. The Labute approximate surface area is 92.0 Å². The van der Waals surface area contributed by atoms with Gasteiger partial charge >= 0.3 is 0 Å². The second-order valence-electron chi connectivity index (χ2n) is 3.69. The molecule has 82 valence electrons. The molecular weight excluding hydrogens is 210 g/mol. The van der Waals surface area contributed by atoms with Crippen LogP contribution in [0.2, 0.25) is 0 Å². The first-order chi connectivity index (χ1) is 7.29. The Balaban J connectivity index is 2.16. The van der Waals surface area contributed by atoms with Crippen molar-refractivity contribution in [2.75, 3.05) is 13.1 Å². The second-order valence-corrected chi connectivity index (χ2v) is 5.34.